The van der Waals surface area contributed by atoms with E-state index in [4.69, 9.17) is 10.5 Å². The van der Waals surface area contributed by atoms with Gasteiger partial charge in [0.2, 0.25) is 11.9 Å². The number of nitrogens with two attached hydrogens (primary N) is 1. The fourth-order valence-corrected chi connectivity index (χ4v) is 2.26. The number of aryl methyl sites for hydroxylation is 1. The molecule has 21 heavy (non-hydrogen) atoms. The standard InChI is InChI=1S/C14H18BrN5O/c1-9(17-14-19-10(2)18-13(16)20-14)7-21-8-11-4-3-5-12(15)6-11/h3-6,9H,7-8H2,1-2H3,(H3,16,17,18,19,20). The van der Waals surface area contributed by atoms with Gasteiger partial charge in [-0.1, -0.05) is 28.1 Å². The molecule has 2 aromatic rings. The highest BCUT2D eigenvalue weighted by Crippen LogP contribution is 2.12. The molecule has 2 rings (SSSR count). The third kappa shape index (κ3) is 5.28. The molecule has 1 aromatic heterocycles. The van der Waals surface area contributed by atoms with Crippen LogP contribution in [-0.2, 0) is 11.3 Å². The Morgan fingerprint density at radius 1 is 1.33 bits per heavy atom. The van der Waals surface area contributed by atoms with Crippen LogP contribution in [0.15, 0.2) is 28.7 Å². The van der Waals surface area contributed by atoms with Crippen LogP contribution in [-0.4, -0.2) is 27.6 Å². The zero-order chi connectivity index (χ0) is 15.2. The molecule has 0 aliphatic rings. The van der Waals surface area contributed by atoms with E-state index in [9.17, 15) is 0 Å². The summed E-state index contributed by atoms with van der Waals surface area (Å²) in [5.41, 5.74) is 6.71. The molecule has 7 heteroatoms. The first kappa shape index (κ1) is 15.7. The molecule has 1 aromatic carbocycles. The van der Waals surface area contributed by atoms with Crippen molar-refractivity contribution in [3.63, 3.8) is 0 Å². The normalized spacial score (nSPS) is 12.1. The van der Waals surface area contributed by atoms with Crippen molar-refractivity contribution in [3.05, 3.63) is 40.1 Å². The molecular weight excluding hydrogens is 334 g/mol. The van der Waals surface area contributed by atoms with Gasteiger partial charge in [0.1, 0.15) is 5.82 Å². The van der Waals surface area contributed by atoms with Crippen LogP contribution < -0.4 is 11.1 Å². The monoisotopic (exact) mass is 351 g/mol. The second-order valence-electron chi connectivity index (χ2n) is 4.75. The summed E-state index contributed by atoms with van der Waals surface area (Å²) >= 11 is 3.44. The van der Waals surface area contributed by atoms with Crippen LogP contribution in [0.3, 0.4) is 0 Å². The van der Waals surface area contributed by atoms with Crippen LogP contribution in [0.5, 0.6) is 0 Å². The van der Waals surface area contributed by atoms with E-state index in [1.165, 1.54) is 0 Å². The van der Waals surface area contributed by atoms with Crippen LogP contribution in [0.4, 0.5) is 11.9 Å². The molecule has 1 atom stereocenters. The lowest BCUT2D eigenvalue weighted by atomic mass is 10.2. The molecule has 0 aliphatic carbocycles. The molecular formula is C14H18BrN5O. The van der Waals surface area contributed by atoms with Crippen LogP contribution in [0, 0.1) is 6.92 Å². The topological polar surface area (TPSA) is 86.0 Å². The smallest absolute Gasteiger partial charge is 0.228 e. The van der Waals surface area contributed by atoms with Gasteiger partial charge in [0, 0.05) is 10.5 Å². The fourth-order valence-electron chi connectivity index (χ4n) is 1.81. The zero-order valence-electron chi connectivity index (χ0n) is 12.0. The molecule has 0 bridgehead atoms. The van der Waals surface area contributed by atoms with E-state index in [0.29, 0.717) is 25.0 Å². The number of aromatic nitrogens is 3. The first-order chi connectivity index (χ1) is 10.0. The number of hydrogen-bond donors (Lipinski definition) is 2. The number of hydrogen-bond acceptors (Lipinski definition) is 6. The molecule has 3 N–H and O–H groups in total. The van der Waals surface area contributed by atoms with E-state index in [0.717, 1.165) is 10.0 Å². The van der Waals surface area contributed by atoms with E-state index in [-0.39, 0.29) is 12.0 Å². The largest absolute Gasteiger partial charge is 0.375 e. The first-order valence-electron chi connectivity index (χ1n) is 6.60. The van der Waals surface area contributed by atoms with Crippen molar-refractivity contribution in [3.8, 4) is 0 Å². The van der Waals surface area contributed by atoms with Crippen molar-refractivity contribution < 1.29 is 4.74 Å². The second kappa shape index (κ2) is 7.33. The maximum atomic E-state index is 5.68. The summed E-state index contributed by atoms with van der Waals surface area (Å²) in [6.45, 7) is 4.87. The van der Waals surface area contributed by atoms with Crippen molar-refractivity contribution in [2.24, 2.45) is 0 Å². The van der Waals surface area contributed by atoms with Crippen LogP contribution >= 0.6 is 15.9 Å². The number of halogens is 1. The summed E-state index contributed by atoms with van der Waals surface area (Å²) in [7, 11) is 0. The van der Waals surface area contributed by atoms with Gasteiger partial charge < -0.3 is 15.8 Å². The van der Waals surface area contributed by atoms with Crippen molar-refractivity contribution in [2.75, 3.05) is 17.7 Å². The van der Waals surface area contributed by atoms with Gasteiger partial charge in [0.15, 0.2) is 0 Å². The quantitative estimate of drug-likeness (QED) is 0.831. The molecule has 0 fully saturated rings. The van der Waals surface area contributed by atoms with Crippen molar-refractivity contribution in [2.45, 2.75) is 26.5 Å². The predicted octanol–water partition coefficient (Wildman–Crippen LogP) is 2.54. The Balaban J connectivity index is 1.80. The number of nitrogen functional groups attached to an aromatic ring is 1. The summed E-state index contributed by atoms with van der Waals surface area (Å²) in [4.78, 5) is 12.1. The molecule has 0 saturated heterocycles. The van der Waals surface area contributed by atoms with Crippen LogP contribution in [0.25, 0.3) is 0 Å². The average Bonchev–Trinajstić information content (AvgIpc) is 2.37. The SMILES string of the molecule is Cc1nc(N)nc(NC(C)COCc2cccc(Br)c2)n1. The number of ether oxygens (including phenoxy) is 1. The number of rotatable bonds is 6. The number of nitrogens with one attached hydrogen (secondary N) is 1. The maximum absolute atomic E-state index is 5.68. The minimum absolute atomic E-state index is 0.0679. The Bertz CT molecular complexity index is 587. The zero-order valence-corrected chi connectivity index (χ0v) is 13.6. The lowest BCUT2D eigenvalue weighted by molar-refractivity contribution is 0.115. The highest BCUT2D eigenvalue weighted by atomic mass is 79.9. The molecule has 0 amide bonds. The molecule has 1 unspecified atom stereocenters. The second-order valence-corrected chi connectivity index (χ2v) is 5.67. The minimum Gasteiger partial charge on any atom is -0.375 e. The maximum Gasteiger partial charge on any atom is 0.228 e. The summed E-state index contributed by atoms with van der Waals surface area (Å²) in [6, 6.07) is 8.10. The molecule has 0 spiro atoms. The summed E-state index contributed by atoms with van der Waals surface area (Å²) in [5, 5.41) is 3.14. The summed E-state index contributed by atoms with van der Waals surface area (Å²) in [6.07, 6.45) is 0. The third-order valence-electron chi connectivity index (χ3n) is 2.67. The van der Waals surface area contributed by atoms with E-state index in [1.54, 1.807) is 6.92 Å². The first-order valence-corrected chi connectivity index (χ1v) is 7.39. The molecule has 0 radical (unpaired) electrons. The van der Waals surface area contributed by atoms with Gasteiger partial charge in [-0.3, -0.25) is 0 Å². The van der Waals surface area contributed by atoms with E-state index < -0.39 is 0 Å². The number of anilines is 2. The summed E-state index contributed by atoms with van der Waals surface area (Å²) in [5.74, 6) is 1.28. The Kier molecular flexibility index (Phi) is 5.46. The van der Waals surface area contributed by atoms with E-state index >= 15 is 0 Å². The van der Waals surface area contributed by atoms with Gasteiger partial charge in [-0.2, -0.15) is 15.0 Å². The lowest BCUT2D eigenvalue weighted by Crippen LogP contribution is -2.23. The number of benzene rings is 1. The van der Waals surface area contributed by atoms with Gasteiger partial charge in [-0.15, -0.1) is 0 Å². The van der Waals surface area contributed by atoms with Crippen LogP contribution in [0.1, 0.15) is 18.3 Å². The predicted molar refractivity (Wildman–Crippen MR) is 85.9 cm³/mol. The Morgan fingerprint density at radius 2 is 2.14 bits per heavy atom. The van der Waals surface area contributed by atoms with Gasteiger partial charge in [-0.05, 0) is 31.5 Å². The van der Waals surface area contributed by atoms with Gasteiger partial charge in [0.25, 0.3) is 0 Å². The van der Waals surface area contributed by atoms with Gasteiger partial charge in [-0.25, -0.2) is 0 Å². The van der Waals surface area contributed by atoms with Crippen molar-refractivity contribution in [1.82, 2.24) is 15.0 Å². The van der Waals surface area contributed by atoms with Crippen molar-refractivity contribution >= 4 is 27.8 Å². The molecule has 0 saturated carbocycles. The Morgan fingerprint density at radius 3 is 2.86 bits per heavy atom. The van der Waals surface area contributed by atoms with Crippen molar-refractivity contribution in [1.29, 1.82) is 0 Å². The van der Waals surface area contributed by atoms with Crippen LogP contribution in [0.2, 0.25) is 0 Å². The number of nitrogens with zero attached hydrogens (tertiary/aromatic N) is 3. The lowest BCUT2D eigenvalue weighted by Gasteiger charge is -2.14. The highest BCUT2D eigenvalue weighted by Gasteiger charge is 2.06. The van der Waals surface area contributed by atoms with Gasteiger partial charge >= 0.3 is 0 Å². The Labute approximate surface area is 132 Å². The summed E-state index contributed by atoms with van der Waals surface area (Å²) < 4.78 is 6.73. The third-order valence-corrected chi connectivity index (χ3v) is 3.16. The van der Waals surface area contributed by atoms with Gasteiger partial charge in [0.05, 0.1) is 13.2 Å². The average molecular weight is 352 g/mol. The minimum atomic E-state index is 0.0679. The molecule has 0 aliphatic heterocycles. The fraction of sp³-hybridized carbons (Fsp3) is 0.357. The molecule has 112 valence electrons. The van der Waals surface area contributed by atoms with E-state index in [1.807, 2.05) is 31.2 Å². The molecule has 1 heterocycles. The Hall–Kier alpha value is -1.73. The highest BCUT2D eigenvalue weighted by molar-refractivity contribution is 9.10. The molecule has 6 nitrogen and oxygen atoms in total. The van der Waals surface area contributed by atoms with E-state index in [2.05, 4.69) is 36.2 Å².